The lowest BCUT2D eigenvalue weighted by atomic mass is 9.87. The van der Waals surface area contributed by atoms with Crippen molar-refractivity contribution in [3.63, 3.8) is 0 Å². The summed E-state index contributed by atoms with van der Waals surface area (Å²) >= 11 is 0. The molecule has 1 N–H and O–H groups in total. The summed E-state index contributed by atoms with van der Waals surface area (Å²) in [5, 5.41) is 2.85. The smallest absolute Gasteiger partial charge is 0.276 e. The Labute approximate surface area is 228 Å². The molecule has 0 saturated heterocycles. The summed E-state index contributed by atoms with van der Waals surface area (Å²) in [5.41, 5.74) is 2.47. The van der Waals surface area contributed by atoms with Crippen molar-refractivity contribution in [1.29, 1.82) is 0 Å². The van der Waals surface area contributed by atoms with Crippen molar-refractivity contribution in [2.75, 3.05) is 19.7 Å². The van der Waals surface area contributed by atoms with Gasteiger partial charge < -0.3 is 19.7 Å². The molecule has 202 valence electrons. The highest BCUT2D eigenvalue weighted by Gasteiger charge is 2.35. The lowest BCUT2D eigenvalue weighted by molar-refractivity contribution is 0.0682. The highest BCUT2D eigenvalue weighted by Crippen LogP contribution is 2.39. The van der Waals surface area contributed by atoms with E-state index in [-0.39, 0.29) is 12.5 Å². The van der Waals surface area contributed by atoms with E-state index in [9.17, 15) is 18.4 Å². The van der Waals surface area contributed by atoms with Crippen LogP contribution in [0, 0.1) is 11.6 Å². The molecule has 10 heteroatoms. The number of hydrogen-bond acceptors (Lipinski definition) is 6. The van der Waals surface area contributed by atoms with Gasteiger partial charge in [0.2, 0.25) is 0 Å². The Kier molecular flexibility index (Phi) is 6.81. The Morgan fingerprint density at radius 3 is 2.77 bits per heavy atom. The molecule has 7 rings (SSSR count). The Morgan fingerprint density at radius 2 is 1.90 bits per heavy atom. The van der Waals surface area contributed by atoms with Gasteiger partial charge in [-0.05, 0) is 59.9 Å². The van der Waals surface area contributed by atoms with Crippen LogP contribution >= 0.6 is 0 Å². The Balaban J connectivity index is 1.43. The summed E-state index contributed by atoms with van der Waals surface area (Å²) in [5.74, 6) is -1.22. The van der Waals surface area contributed by atoms with Gasteiger partial charge in [0.05, 0.1) is 30.6 Å². The maximum absolute atomic E-state index is 14.6. The first-order valence-electron chi connectivity index (χ1n) is 12.8. The largest absolute Gasteiger partial charge is 0.494 e. The fourth-order valence-electron chi connectivity index (χ4n) is 5.03. The van der Waals surface area contributed by atoms with Gasteiger partial charge in [-0.1, -0.05) is 18.2 Å². The first kappa shape index (κ1) is 25.4. The minimum absolute atomic E-state index is 0.258. The van der Waals surface area contributed by atoms with Crippen LogP contribution in [0.25, 0.3) is 0 Å². The number of aromatic nitrogens is 2. The second-order valence-corrected chi connectivity index (χ2v) is 9.54. The molecule has 0 fully saturated rings. The van der Waals surface area contributed by atoms with Crippen molar-refractivity contribution in [3.05, 3.63) is 113 Å². The predicted octanol–water partition coefficient (Wildman–Crippen LogP) is 4.85. The van der Waals surface area contributed by atoms with Gasteiger partial charge in [-0.25, -0.2) is 13.8 Å². The third-order valence-corrected chi connectivity index (χ3v) is 6.87. The third-order valence-electron chi connectivity index (χ3n) is 6.87. The van der Waals surface area contributed by atoms with E-state index < -0.39 is 29.3 Å². The van der Waals surface area contributed by atoms with Crippen molar-refractivity contribution in [2.45, 2.75) is 18.9 Å². The number of pyridine rings is 2. The fraction of sp³-hybridized carbons (Fsp3) is 0.200. The van der Waals surface area contributed by atoms with E-state index >= 15 is 0 Å². The molecule has 3 aliphatic heterocycles. The molecule has 4 aromatic rings. The van der Waals surface area contributed by atoms with Gasteiger partial charge in [0.25, 0.3) is 11.8 Å². The van der Waals surface area contributed by atoms with Crippen LogP contribution in [0.3, 0.4) is 0 Å². The summed E-state index contributed by atoms with van der Waals surface area (Å²) in [6, 6.07) is 14.6. The summed E-state index contributed by atoms with van der Waals surface area (Å²) in [7, 11) is 0. The van der Waals surface area contributed by atoms with Gasteiger partial charge in [0.15, 0.2) is 11.5 Å². The molecule has 8 nitrogen and oxygen atoms in total. The minimum Gasteiger partial charge on any atom is -0.494 e. The highest BCUT2D eigenvalue weighted by atomic mass is 19.1. The number of ether oxygens (including phenoxy) is 2. The van der Waals surface area contributed by atoms with Crippen molar-refractivity contribution in [1.82, 2.24) is 20.2 Å². The molecule has 5 heterocycles. The van der Waals surface area contributed by atoms with Crippen molar-refractivity contribution in [2.24, 2.45) is 0 Å². The van der Waals surface area contributed by atoms with Crippen molar-refractivity contribution < 1.29 is 27.8 Å². The summed E-state index contributed by atoms with van der Waals surface area (Å²) in [4.78, 5) is 35.6. The molecule has 8 bridgehead atoms. The van der Waals surface area contributed by atoms with Gasteiger partial charge in [-0.15, -0.1) is 0 Å². The van der Waals surface area contributed by atoms with E-state index in [0.717, 1.165) is 22.9 Å². The lowest BCUT2D eigenvalue weighted by Gasteiger charge is -2.38. The van der Waals surface area contributed by atoms with Crippen LogP contribution in [0.5, 0.6) is 17.2 Å². The molecular weight excluding hydrogens is 518 g/mol. The van der Waals surface area contributed by atoms with E-state index in [4.69, 9.17) is 9.47 Å². The van der Waals surface area contributed by atoms with E-state index in [0.29, 0.717) is 54.9 Å². The van der Waals surface area contributed by atoms with Crippen LogP contribution in [-0.4, -0.2) is 46.4 Å². The van der Waals surface area contributed by atoms with Gasteiger partial charge >= 0.3 is 0 Å². The second kappa shape index (κ2) is 10.7. The molecule has 0 aliphatic carbocycles. The molecular formula is C30H24F2N4O4. The lowest BCUT2D eigenvalue weighted by Crippen LogP contribution is -2.41. The number of halogens is 2. The molecule has 0 spiro atoms. The maximum atomic E-state index is 14.6. The van der Waals surface area contributed by atoms with E-state index in [2.05, 4.69) is 15.3 Å². The first-order valence-corrected chi connectivity index (χ1v) is 12.8. The number of nitrogens with one attached hydrogen (secondary N) is 1. The zero-order chi connectivity index (χ0) is 27.6. The number of carbonyl (C=O) groups is 2. The zero-order valence-corrected chi connectivity index (χ0v) is 21.3. The summed E-state index contributed by atoms with van der Waals surface area (Å²) in [6.45, 7) is 1.01. The molecule has 1 atom stereocenters. The van der Waals surface area contributed by atoms with Crippen LogP contribution in [0.4, 0.5) is 8.78 Å². The van der Waals surface area contributed by atoms with Crippen LogP contribution in [0.1, 0.15) is 50.0 Å². The summed E-state index contributed by atoms with van der Waals surface area (Å²) in [6.07, 6.45) is 4.87. The van der Waals surface area contributed by atoms with E-state index in [1.54, 1.807) is 17.0 Å². The van der Waals surface area contributed by atoms with Crippen molar-refractivity contribution in [3.8, 4) is 17.2 Å². The van der Waals surface area contributed by atoms with Gasteiger partial charge in [0, 0.05) is 25.4 Å². The van der Waals surface area contributed by atoms with E-state index in [1.165, 1.54) is 12.4 Å². The van der Waals surface area contributed by atoms with E-state index in [1.807, 2.05) is 36.4 Å². The minimum atomic E-state index is -1.01. The Bertz CT molecular complexity index is 1610. The molecule has 40 heavy (non-hydrogen) atoms. The van der Waals surface area contributed by atoms with Crippen LogP contribution in [0.15, 0.2) is 73.2 Å². The average Bonchev–Trinajstić information content (AvgIpc) is 2.96. The molecule has 2 aromatic heterocycles. The monoisotopic (exact) mass is 542 g/mol. The van der Waals surface area contributed by atoms with Crippen LogP contribution < -0.4 is 14.8 Å². The van der Waals surface area contributed by atoms with Gasteiger partial charge in [-0.3, -0.25) is 14.6 Å². The topological polar surface area (TPSA) is 93.7 Å². The van der Waals surface area contributed by atoms with Gasteiger partial charge in [0.1, 0.15) is 23.1 Å². The van der Waals surface area contributed by atoms with Crippen LogP contribution in [-0.2, 0) is 6.42 Å². The molecule has 2 amide bonds. The SMILES string of the molecule is O=C1NCCCOc2cccc(c2)C2c3ccc(cc3CCN2C(=O)c2ncc(F)cc2F)Oc2cncc1c2. The van der Waals surface area contributed by atoms with Crippen molar-refractivity contribution >= 4 is 11.8 Å². The second-order valence-electron chi connectivity index (χ2n) is 9.54. The number of carbonyl (C=O) groups excluding carboxylic acids is 2. The molecule has 3 aliphatic rings. The number of fused-ring (bicyclic) bond motifs is 6. The van der Waals surface area contributed by atoms with Crippen LogP contribution in [0.2, 0.25) is 0 Å². The normalized spacial score (nSPS) is 16.7. The third kappa shape index (κ3) is 5.07. The Morgan fingerprint density at radius 1 is 1.00 bits per heavy atom. The number of amides is 2. The number of rotatable bonds is 1. The fourth-order valence-corrected chi connectivity index (χ4v) is 5.03. The highest BCUT2D eigenvalue weighted by molar-refractivity contribution is 5.94. The first-order chi connectivity index (χ1) is 19.5. The quantitative estimate of drug-likeness (QED) is 0.370. The number of benzene rings is 2. The molecule has 0 radical (unpaired) electrons. The van der Waals surface area contributed by atoms with Gasteiger partial charge in [-0.2, -0.15) is 0 Å². The maximum Gasteiger partial charge on any atom is 0.276 e. The number of nitrogens with zero attached hydrogens (tertiary/aromatic N) is 3. The summed E-state index contributed by atoms with van der Waals surface area (Å²) < 4.78 is 40.1. The number of hydrogen-bond donors (Lipinski definition) is 1. The standard InChI is InChI=1S/C30H24F2N4O4/c31-21-14-26(32)27(35-16-21)30(38)36-9-7-18-11-23-5-6-25(18)28(36)19-3-1-4-22(12-19)39-10-2-8-34-29(37)20-13-24(40-23)17-33-15-20/h1,3-6,11-17,28H,2,7-10H2,(H,34,37). The zero-order valence-electron chi connectivity index (χ0n) is 21.3. The molecule has 1 unspecified atom stereocenters. The average molecular weight is 543 g/mol. The predicted molar refractivity (Wildman–Crippen MR) is 140 cm³/mol. The Hall–Kier alpha value is -4.86. The molecule has 2 aromatic carbocycles. The molecule has 0 saturated carbocycles.